The molecule has 90 valence electrons. The van der Waals surface area contributed by atoms with Crippen LogP contribution in [0.3, 0.4) is 0 Å². The number of rotatable bonds is 2. The number of esters is 1. The van der Waals surface area contributed by atoms with Gasteiger partial charge in [0.1, 0.15) is 0 Å². The Morgan fingerprint density at radius 3 is 2.28 bits per heavy atom. The highest BCUT2D eigenvalue weighted by Gasteiger charge is 2.71. The van der Waals surface area contributed by atoms with Crippen LogP contribution in [0.15, 0.2) is 24.3 Å². The van der Waals surface area contributed by atoms with Crippen molar-refractivity contribution in [3.05, 3.63) is 35.4 Å². The molecule has 4 heteroatoms. The van der Waals surface area contributed by atoms with Crippen molar-refractivity contribution in [2.24, 2.45) is 11.3 Å². The molecule has 0 amide bonds. The summed E-state index contributed by atoms with van der Waals surface area (Å²) in [5.74, 6) is -1.57. The van der Waals surface area contributed by atoms with E-state index in [9.17, 15) is 15.3 Å². The molecule has 0 aliphatic heterocycles. The van der Waals surface area contributed by atoms with Crippen molar-refractivity contribution in [1.29, 1.82) is 10.5 Å². The van der Waals surface area contributed by atoms with Gasteiger partial charge in [-0.3, -0.25) is 4.79 Å². The van der Waals surface area contributed by atoms with E-state index in [1.807, 2.05) is 43.3 Å². The molecule has 0 bridgehead atoms. The van der Waals surface area contributed by atoms with E-state index < -0.39 is 17.3 Å². The molecule has 0 aromatic heterocycles. The summed E-state index contributed by atoms with van der Waals surface area (Å²) in [5, 5.41) is 18.4. The predicted octanol–water partition coefficient (Wildman–Crippen LogP) is 1.91. The van der Waals surface area contributed by atoms with Crippen LogP contribution in [0.25, 0.3) is 0 Å². The van der Waals surface area contributed by atoms with E-state index in [0.29, 0.717) is 0 Å². The van der Waals surface area contributed by atoms with Gasteiger partial charge in [-0.05, 0) is 12.5 Å². The number of carbonyl (C=O) groups is 1. The molecule has 1 aliphatic rings. The normalized spacial score (nSPS) is 23.6. The Balaban J connectivity index is 2.40. The average molecular weight is 240 g/mol. The first-order chi connectivity index (χ1) is 8.60. The monoisotopic (exact) mass is 240 g/mol. The lowest BCUT2D eigenvalue weighted by molar-refractivity contribution is -0.142. The molecule has 4 nitrogen and oxygen atoms in total. The Morgan fingerprint density at radius 2 is 1.83 bits per heavy atom. The molecule has 0 unspecified atom stereocenters. The maximum absolute atomic E-state index is 11.6. The molecule has 1 aromatic rings. The first kappa shape index (κ1) is 12.1. The quantitative estimate of drug-likeness (QED) is 0.740. The molecule has 1 aromatic carbocycles. The second-order valence-electron chi connectivity index (χ2n) is 4.48. The maximum Gasteiger partial charge on any atom is 0.312 e. The second-order valence-corrected chi connectivity index (χ2v) is 4.48. The predicted molar refractivity (Wildman–Crippen MR) is 63.1 cm³/mol. The zero-order valence-corrected chi connectivity index (χ0v) is 10.2. The fourth-order valence-corrected chi connectivity index (χ4v) is 2.37. The van der Waals surface area contributed by atoms with Gasteiger partial charge in [0.2, 0.25) is 0 Å². The summed E-state index contributed by atoms with van der Waals surface area (Å²) < 4.78 is 4.67. The van der Waals surface area contributed by atoms with Gasteiger partial charge in [0, 0.05) is 5.92 Å². The Kier molecular flexibility index (Phi) is 2.80. The molecule has 0 saturated heterocycles. The van der Waals surface area contributed by atoms with Crippen molar-refractivity contribution in [2.75, 3.05) is 7.11 Å². The smallest absolute Gasteiger partial charge is 0.312 e. The van der Waals surface area contributed by atoms with E-state index in [1.54, 1.807) is 0 Å². The Morgan fingerprint density at radius 1 is 1.28 bits per heavy atom. The van der Waals surface area contributed by atoms with Gasteiger partial charge in [0.25, 0.3) is 0 Å². The van der Waals surface area contributed by atoms with Crippen LogP contribution in [0.4, 0.5) is 0 Å². The van der Waals surface area contributed by atoms with Gasteiger partial charge in [-0.1, -0.05) is 29.8 Å². The SMILES string of the molecule is COC(=O)[C@H]1[C@@H](c2ccc(C)cc2)C1(C#N)C#N. The van der Waals surface area contributed by atoms with Crippen LogP contribution >= 0.6 is 0 Å². The highest BCUT2D eigenvalue weighted by Crippen LogP contribution is 2.64. The standard InChI is InChI=1S/C14H12N2O2/c1-9-3-5-10(6-4-9)11-12(13(17)18-2)14(11,7-15)8-16/h3-6,11-12H,1-2H3/t11-,12-/m1/s1. The van der Waals surface area contributed by atoms with Crippen LogP contribution < -0.4 is 0 Å². The fourth-order valence-electron chi connectivity index (χ4n) is 2.37. The highest BCUT2D eigenvalue weighted by atomic mass is 16.5. The number of aryl methyl sites for hydroxylation is 1. The van der Waals surface area contributed by atoms with Crippen LogP contribution in [0.2, 0.25) is 0 Å². The molecule has 1 aliphatic carbocycles. The van der Waals surface area contributed by atoms with Gasteiger partial charge in [-0.25, -0.2) is 0 Å². The molecule has 0 spiro atoms. The summed E-state index contributed by atoms with van der Waals surface area (Å²) in [6.07, 6.45) is 0. The van der Waals surface area contributed by atoms with Crippen molar-refractivity contribution in [2.45, 2.75) is 12.8 Å². The minimum Gasteiger partial charge on any atom is -0.469 e. The molecule has 0 heterocycles. The molecular weight excluding hydrogens is 228 g/mol. The van der Waals surface area contributed by atoms with Gasteiger partial charge in [0.15, 0.2) is 5.41 Å². The first-order valence-electron chi connectivity index (χ1n) is 5.57. The summed E-state index contributed by atoms with van der Waals surface area (Å²) in [5.41, 5.74) is 0.648. The molecule has 1 fully saturated rings. The minimum absolute atomic E-state index is 0.388. The van der Waals surface area contributed by atoms with Crippen molar-refractivity contribution in [1.82, 2.24) is 0 Å². The lowest BCUT2D eigenvalue weighted by Gasteiger charge is -2.00. The summed E-state index contributed by atoms with van der Waals surface area (Å²) in [6.45, 7) is 1.95. The minimum atomic E-state index is -1.28. The third-order valence-electron chi connectivity index (χ3n) is 3.47. The van der Waals surface area contributed by atoms with Crippen molar-refractivity contribution in [3.63, 3.8) is 0 Å². The van der Waals surface area contributed by atoms with E-state index in [-0.39, 0.29) is 5.92 Å². The third-order valence-corrected chi connectivity index (χ3v) is 3.47. The number of hydrogen-bond acceptors (Lipinski definition) is 4. The number of nitrogens with zero attached hydrogens (tertiary/aromatic N) is 2. The van der Waals surface area contributed by atoms with Gasteiger partial charge < -0.3 is 4.74 Å². The van der Waals surface area contributed by atoms with E-state index in [4.69, 9.17) is 0 Å². The lowest BCUT2D eigenvalue weighted by Crippen LogP contribution is -2.09. The topological polar surface area (TPSA) is 73.9 Å². The molecule has 2 rings (SSSR count). The van der Waals surface area contributed by atoms with Crippen LogP contribution in [0.5, 0.6) is 0 Å². The zero-order chi connectivity index (χ0) is 13.3. The number of carbonyl (C=O) groups excluding carboxylic acids is 1. The Hall–Kier alpha value is -2.33. The third kappa shape index (κ3) is 1.55. The molecule has 0 radical (unpaired) electrons. The number of hydrogen-bond donors (Lipinski definition) is 0. The van der Waals surface area contributed by atoms with Crippen molar-refractivity contribution >= 4 is 5.97 Å². The summed E-state index contributed by atoms with van der Waals surface area (Å²) in [4.78, 5) is 11.6. The second kappa shape index (κ2) is 4.16. The summed E-state index contributed by atoms with van der Waals surface area (Å²) in [6, 6.07) is 11.5. The molecule has 2 atom stereocenters. The lowest BCUT2D eigenvalue weighted by atomic mass is 10.0. The van der Waals surface area contributed by atoms with Gasteiger partial charge in [0.05, 0.1) is 25.2 Å². The van der Waals surface area contributed by atoms with Gasteiger partial charge >= 0.3 is 5.97 Å². The fraction of sp³-hybridized carbons (Fsp3) is 0.357. The van der Waals surface area contributed by atoms with Crippen LogP contribution in [-0.2, 0) is 9.53 Å². The number of nitriles is 2. The summed E-state index contributed by atoms with van der Waals surface area (Å²) in [7, 11) is 1.27. The van der Waals surface area contributed by atoms with Crippen LogP contribution in [-0.4, -0.2) is 13.1 Å². The van der Waals surface area contributed by atoms with Crippen LogP contribution in [0.1, 0.15) is 17.0 Å². The maximum atomic E-state index is 11.6. The molecule has 1 saturated carbocycles. The van der Waals surface area contributed by atoms with Crippen LogP contribution in [0, 0.1) is 40.9 Å². The number of benzene rings is 1. The van der Waals surface area contributed by atoms with Gasteiger partial charge in [-0.15, -0.1) is 0 Å². The van der Waals surface area contributed by atoms with Gasteiger partial charge in [-0.2, -0.15) is 10.5 Å². The summed E-state index contributed by atoms with van der Waals surface area (Å²) >= 11 is 0. The van der Waals surface area contributed by atoms with E-state index >= 15 is 0 Å². The average Bonchev–Trinajstić information content (AvgIpc) is 3.08. The molecule has 0 N–H and O–H groups in total. The molecular formula is C14H12N2O2. The first-order valence-corrected chi connectivity index (χ1v) is 5.57. The number of methoxy groups -OCH3 is 1. The Labute approximate surface area is 105 Å². The molecule has 18 heavy (non-hydrogen) atoms. The largest absolute Gasteiger partial charge is 0.469 e. The van der Waals surface area contributed by atoms with E-state index in [0.717, 1.165) is 11.1 Å². The zero-order valence-electron chi connectivity index (χ0n) is 10.2. The highest BCUT2D eigenvalue weighted by molar-refractivity contribution is 5.82. The number of ether oxygens (including phenoxy) is 1. The van der Waals surface area contributed by atoms with Crippen molar-refractivity contribution < 1.29 is 9.53 Å². The van der Waals surface area contributed by atoms with Crippen molar-refractivity contribution in [3.8, 4) is 12.1 Å². The van der Waals surface area contributed by atoms with E-state index in [1.165, 1.54) is 7.11 Å². The Bertz CT molecular complexity index is 549. The van der Waals surface area contributed by atoms with E-state index in [2.05, 4.69) is 4.74 Å².